The smallest absolute Gasteiger partial charge is 0.348 e. The highest BCUT2D eigenvalue weighted by Crippen LogP contribution is 2.33. The van der Waals surface area contributed by atoms with Gasteiger partial charge in [0.1, 0.15) is 0 Å². The molecule has 3 aromatic rings. The second-order valence-corrected chi connectivity index (χ2v) is 7.08. The van der Waals surface area contributed by atoms with E-state index in [0.717, 1.165) is 27.9 Å². The molecule has 0 bridgehead atoms. The second kappa shape index (κ2) is 7.41. The molecule has 1 aliphatic rings. The fourth-order valence-electron chi connectivity index (χ4n) is 3.29. The first kappa shape index (κ1) is 18.7. The minimum absolute atomic E-state index is 0.283. The van der Waals surface area contributed by atoms with Gasteiger partial charge in [-0.25, -0.2) is 9.79 Å². The molecule has 1 aliphatic heterocycles. The molecule has 0 radical (unpaired) electrons. The summed E-state index contributed by atoms with van der Waals surface area (Å²) in [4.78, 5) is 29.0. The summed E-state index contributed by atoms with van der Waals surface area (Å²) >= 11 is 6.00. The van der Waals surface area contributed by atoms with Gasteiger partial charge in [0.15, 0.2) is 0 Å². The van der Waals surface area contributed by atoms with E-state index in [2.05, 4.69) is 4.99 Å². The molecule has 4 rings (SSSR count). The number of carbonyl (C=O) groups excluding carboxylic acids is 2. The highest BCUT2D eigenvalue weighted by Gasteiger charge is 2.18. The van der Waals surface area contributed by atoms with E-state index >= 15 is 0 Å². The predicted molar refractivity (Wildman–Crippen MR) is 116 cm³/mol. The van der Waals surface area contributed by atoms with Crippen LogP contribution in [0.1, 0.15) is 10.4 Å². The van der Waals surface area contributed by atoms with E-state index in [-0.39, 0.29) is 6.03 Å². The van der Waals surface area contributed by atoms with Crippen molar-refractivity contribution in [2.45, 2.75) is 0 Å². The van der Waals surface area contributed by atoms with Crippen LogP contribution >= 0.6 is 11.6 Å². The Morgan fingerprint density at radius 2 is 1.69 bits per heavy atom. The van der Waals surface area contributed by atoms with Gasteiger partial charge < -0.3 is 11.5 Å². The van der Waals surface area contributed by atoms with E-state index in [1.54, 1.807) is 35.4 Å². The van der Waals surface area contributed by atoms with Crippen LogP contribution in [0.3, 0.4) is 0 Å². The van der Waals surface area contributed by atoms with Crippen LogP contribution in [0.25, 0.3) is 22.3 Å². The Balaban J connectivity index is 1.76. The van der Waals surface area contributed by atoms with E-state index in [9.17, 15) is 9.59 Å². The molecule has 0 saturated carbocycles. The molecule has 0 spiro atoms. The van der Waals surface area contributed by atoms with Crippen molar-refractivity contribution in [3.63, 3.8) is 0 Å². The van der Waals surface area contributed by atoms with Crippen LogP contribution in [-0.2, 0) is 0 Å². The van der Waals surface area contributed by atoms with Crippen LogP contribution in [0.2, 0.25) is 5.02 Å². The molecule has 3 amide bonds. The number of rotatable bonds is 4. The van der Waals surface area contributed by atoms with E-state index in [1.165, 1.54) is 0 Å². The van der Waals surface area contributed by atoms with Crippen LogP contribution < -0.4 is 16.4 Å². The first-order valence-electron chi connectivity index (χ1n) is 8.87. The minimum atomic E-state index is -0.530. The van der Waals surface area contributed by atoms with Gasteiger partial charge in [0.25, 0.3) is 0 Å². The summed E-state index contributed by atoms with van der Waals surface area (Å²) < 4.78 is 0. The summed E-state index contributed by atoms with van der Waals surface area (Å²) in [6, 6.07) is 17.8. The molecule has 0 aliphatic carbocycles. The summed E-state index contributed by atoms with van der Waals surface area (Å²) in [6.07, 6.45) is 1.58. The zero-order valence-electron chi connectivity index (χ0n) is 15.3. The van der Waals surface area contributed by atoms with Gasteiger partial charge >= 0.3 is 6.03 Å². The highest BCUT2D eigenvalue weighted by atomic mass is 35.5. The number of nitrogen functional groups attached to an aromatic ring is 1. The van der Waals surface area contributed by atoms with Crippen molar-refractivity contribution in [1.82, 2.24) is 0 Å². The number of primary amides is 1. The molecule has 7 heteroatoms. The van der Waals surface area contributed by atoms with Crippen LogP contribution in [0.4, 0.5) is 16.2 Å². The fourth-order valence-corrected chi connectivity index (χ4v) is 3.47. The maximum absolute atomic E-state index is 11.9. The molecule has 6 nitrogen and oxygen atoms in total. The number of hydrogen-bond acceptors (Lipinski definition) is 3. The predicted octanol–water partition coefficient (Wildman–Crippen LogP) is 4.37. The monoisotopic (exact) mass is 404 g/mol. The number of amides is 3. The van der Waals surface area contributed by atoms with E-state index in [0.29, 0.717) is 22.8 Å². The Kier molecular flexibility index (Phi) is 4.78. The van der Waals surface area contributed by atoms with E-state index in [4.69, 9.17) is 23.1 Å². The van der Waals surface area contributed by atoms with Crippen LogP contribution in [0.15, 0.2) is 65.7 Å². The lowest BCUT2D eigenvalue weighted by Crippen LogP contribution is -2.23. The van der Waals surface area contributed by atoms with Crippen molar-refractivity contribution < 1.29 is 9.59 Å². The standard InChI is InChI=1S/C22H17ClN4O2/c23-17-3-6-19(20(24)12-17)15-9-14(10-16(11-15)21(25)28)13-1-4-18(5-2-13)27-8-7-26-22(27)29/h1-7,9-12H,8,24H2,(H2,25,28). The van der Waals surface area contributed by atoms with Crippen LogP contribution in [0, 0.1) is 0 Å². The Morgan fingerprint density at radius 1 is 0.966 bits per heavy atom. The van der Waals surface area contributed by atoms with Crippen molar-refractivity contribution in [2.24, 2.45) is 10.7 Å². The van der Waals surface area contributed by atoms with Crippen molar-refractivity contribution >= 4 is 41.1 Å². The highest BCUT2D eigenvalue weighted by molar-refractivity contribution is 6.31. The Hall–Kier alpha value is -3.64. The summed E-state index contributed by atoms with van der Waals surface area (Å²) in [5, 5.41) is 0.536. The average molecular weight is 405 g/mol. The van der Waals surface area contributed by atoms with Gasteiger partial charge in [0, 0.05) is 33.7 Å². The molecule has 0 fully saturated rings. The molecule has 144 valence electrons. The molecule has 4 N–H and O–H groups in total. The average Bonchev–Trinajstić information content (AvgIpc) is 3.13. The van der Waals surface area contributed by atoms with Crippen LogP contribution in [0.5, 0.6) is 0 Å². The number of anilines is 2. The van der Waals surface area contributed by atoms with E-state index < -0.39 is 5.91 Å². The second-order valence-electron chi connectivity index (χ2n) is 6.65. The van der Waals surface area contributed by atoms with Gasteiger partial charge in [0.05, 0.1) is 6.54 Å². The van der Waals surface area contributed by atoms with Crippen molar-refractivity contribution in [3.05, 3.63) is 71.2 Å². The number of hydrogen-bond donors (Lipinski definition) is 2. The zero-order valence-corrected chi connectivity index (χ0v) is 16.1. The Labute approximate surface area is 172 Å². The summed E-state index contributed by atoms with van der Waals surface area (Å²) in [5.74, 6) is -0.530. The molecule has 0 aromatic heterocycles. The van der Waals surface area contributed by atoms with Gasteiger partial charge in [0.2, 0.25) is 5.91 Å². The first-order chi connectivity index (χ1) is 13.9. The SMILES string of the molecule is NC(=O)c1cc(-c2ccc(N3CC=NC3=O)cc2)cc(-c2ccc(Cl)cc2N)c1. The topological polar surface area (TPSA) is 102 Å². The maximum atomic E-state index is 11.9. The maximum Gasteiger partial charge on any atom is 0.348 e. The molecular formula is C22H17ClN4O2. The number of carbonyl (C=O) groups is 2. The largest absolute Gasteiger partial charge is 0.398 e. The lowest BCUT2D eigenvalue weighted by Gasteiger charge is -2.15. The number of halogens is 1. The number of aliphatic imine (C=N–C) groups is 1. The van der Waals surface area contributed by atoms with Gasteiger partial charge in [-0.05, 0) is 59.2 Å². The van der Waals surface area contributed by atoms with E-state index in [1.807, 2.05) is 36.4 Å². The molecule has 1 heterocycles. The summed E-state index contributed by atoms with van der Waals surface area (Å²) in [6.45, 7) is 0.454. The molecule has 29 heavy (non-hydrogen) atoms. The number of benzene rings is 3. The third-order valence-electron chi connectivity index (χ3n) is 4.75. The van der Waals surface area contributed by atoms with Gasteiger partial charge in [-0.3, -0.25) is 9.69 Å². The molecule has 0 unspecified atom stereocenters. The van der Waals surface area contributed by atoms with Gasteiger partial charge in [-0.1, -0.05) is 29.8 Å². The Morgan fingerprint density at radius 3 is 2.31 bits per heavy atom. The third-order valence-corrected chi connectivity index (χ3v) is 4.99. The molecule has 0 atom stereocenters. The lowest BCUT2D eigenvalue weighted by molar-refractivity contribution is 0.100. The summed E-state index contributed by atoms with van der Waals surface area (Å²) in [7, 11) is 0. The van der Waals surface area contributed by atoms with Crippen molar-refractivity contribution in [2.75, 3.05) is 17.2 Å². The molecule has 0 saturated heterocycles. The number of urea groups is 1. The fraction of sp³-hybridized carbons (Fsp3) is 0.0455. The summed E-state index contributed by atoms with van der Waals surface area (Å²) in [5.41, 5.74) is 16.5. The first-order valence-corrected chi connectivity index (χ1v) is 9.25. The Bertz CT molecular complexity index is 1160. The van der Waals surface area contributed by atoms with Crippen LogP contribution in [-0.4, -0.2) is 24.7 Å². The van der Waals surface area contributed by atoms with Crippen molar-refractivity contribution in [3.8, 4) is 22.3 Å². The third kappa shape index (κ3) is 3.70. The molecular weight excluding hydrogens is 388 g/mol. The number of nitrogens with zero attached hydrogens (tertiary/aromatic N) is 2. The normalized spacial score (nSPS) is 13.1. The van der Waals surface area contributed by atoms with Gasteiger partial charge in [-0.2, -0.15) is 0 Å². The molecule has 3 aromatic carbocycles. The zero-order chi connectivity index (χ0) is 20.5. The number of nitrogens with two attached hydrogens (primary N) is 2. The van der Waals surface area contributed by atoms with Gasteiger partial charge in [-0.15, -0.1) is 0 Å². The van der Waals surface area contributed by atoms with Crippen molar-refractivity contribution in [1.29, 1.82) is 0 Å². The quantitative estimate of drug-likeness (QED) is 0.631. The lowest BCUT2D eigenvalue weighted by atomic mass is 9.95. The minimum Gasteiger partial charge on any atom is -0.398 e.